The van der Waals surface area contributed by atoms with Crippen molar-refractivity contribution in [3.8, 4) is 11.5 Å². The van der Waals surface area contributed by atoms with E-state index in [0.29, 0.717) is 13.0 Å². The fourth-order valence-corrected chi connectivity index (χ4v) is 1.92. The van der Waals surface area contributed by atoms with Crippen molar-refractivity contribution in [1.29, 1.82) is 0 Å². The smallest absolute Gasteiger partial charge is 0.119 e. The lowest BCUT2D eigenvalue weighted by Gasteiger charge is -2.12. The Labute approximate surface area is 119 Å². The number of ether oxygens (including phenoxy) is 2. The van der Waals surface area contributed by atoms with Gasteiger partial charge in [-0.2, -0.15) is 0 Å². The monoisotopic (exact) mass is 272 g/mol. The van der Waals surface area contributed by atoms with E-state index in [4.69, 9.17) is 9.47 Å². The van der Waals surface area contributed by atoms with E-state index in [9.17, 15) is 5.11 Å². The summed E-state index contributed by atoms with van der Waals surface area (Å²) in [7, 11) is 1.65. The van der Waals surface area contributed by atoms with Gasteiger partial charge >= 0.3 is 0 Å². The van der Waals surface area contributed by atoms with Crippen LogP contribution in [0.3, 0.4) is 0 Å². The van der Waals surface area contributed by atoms with Crippen LogP contribution < -0.4 is 9.47 Å². The predicted octanol–water partition coefficient (Wildman–Crippen LogP) is 3.07. The Morgan fingerprint density at radius 3 is 2.30 bits per heavy atom. The minimum absolute atomic E-state index is 0.320. The molecule has 1 unspecified atom stereocenters. The molecule has 0 fully saturated rings. The van der Waals surface area contributed by atoms with E-state index in [1.807, 2.05) is 54.6 Å². The van der Waals surface area contributed by atoms with Gasteiger partial charge in [0, 0.05) is 0 Å². The van der Waals surface area contributed by atoms with Gasteiger partial charge in [-0.15, -0.1) is 0 Å². The Kier molecular flexibility index (Phi) is 5.44. The summed E-state index contributed by atoms with van der Waals surface area (Å²) < 4.78 is 10.6. The number of benzene rings is 2. The van der Waals surface area contributed by atoms with E-state index in [-0.39, 0.29) is 0 Å². The van der Waals surface area contributed by atoms with Gasteiger partial charge in [0.15, 0.2) is 0 Å². The average molecular weight is 272 g/mol. The van der Waals surface area contributed by atoms with Crippen LogP contribution >= 0.6 is 0 Å². The van der Waals surface area contributed by atoms with Crippen LogP contribution in [0.2, 0.25) is 0 Å². The number of para-hydroxylation sites is 1. The molecule has 3 nitrogen and oxygen atoms in total. The van der Waals surface area contributed by atoms with Crippen LogP contribution in [0.25, 0.3) is 0 Å². The summed E-state index contributed by atoms with van der Waals surface area (Å²) in [6.45, 7) is 0.320. The largest absolute Gasteiger partial charge is 0.497 e. The molecule has 1 atom stereocenters. The molecule has 0 aliphatic carbocycles. The summed E-state index contributed by atoms with van der Waals surface area (Å²) in [5.74, 6) is 1.64. The Bertz CT molecular complexity index is 493. The summed E-state index contributed by atoms with van der Waals surface area (Å²) >= 11 is 0. The summed E-state index contributed by atoms with van der Waals surface area (Å²) in [6, 6.07) is 17.4. The average Bonchev–Trinajstić information content (AvgIpc) is 2.52. The molecule has 106 valence electrons. The highest BCUT2D eigenvalue weighted by molar-refractivity contribution is 5.27. The first-order chi connectivity index (χ1) is 9.78. The molecule has 0 heterocycles. The lowest BCUT2D eigenvalue weighted by atomic mass is 10.1. The molecular formula is C17H20O3. The molecule has 0 saturated carbocycles. The molecule has 0 saturated heterocycles. The van der Waals surface area contributed by atoms with E-state index in [2.05, 4.69) is 0 Å². The van der Waals surface area contributed by atoms with Crippen molar-refractivity contribution in [1.82, 2.24) is 0 Å². The summed E-state index contributed by atoms with van der Waals surface area (Å²) in [4.78, 5) is 0. The van der Waals surface area contributed by atoms with Crippen molar-refractivity contribution >= 4 is 0 Å². The molecule has 0 aromatic heterocycles. The zero-order valence-electron chi connectivity index (χ0n) is 11.7. The quantitative estimate of drug-likeness (QED) is 0.842. The van der Waals surface area contributed by atoms with Gasteiger partial charge in [0.1, 0.15) is 18.1 Å². The molecule has 3 heteroatoms. The van der Waals surface area contributed by atoms with Crippen LogP contribution in [0.15, 0.2) is 54.6 Å². The Balaban J connectivity index is 1.73. The second-order valence-corrected chi connectivity index (χ2v) is 4.66. The molecule has 0 aliphatic heterocycles. The molecule has 2 rings (SSSR count). The summed E-state index contributed by atoms with van der Waals surface area (Å²) in [6.07, 6.45) is 1.04. The number of hydrogen-bond acceptors (Lipinski definition) is 3. The van der Waals surface area contributed by atoms with Gasteiger partial charge in [0.25, 0.3) is 0 Å². The van der Waals surface area contributed by atoms with Crippen LogP contribution in [0.5, 0.6) is 11.5 Å². The van der Waals surface area contributed by atoms with Crippen LogP contribution in [0.1, 0.15) is 12.0 Å². The summed E-state index contributed by atoms with van der Waals surface area (Å²) in [5, 5.41) is 9.92. The zero-order chi connectivity index (χ0) is 14.2. The first-order valence-corrected chi connectivity index (χ1v) is 6.77. The van der Waals surface area contributed by atoms with Crippen LogP contribution in [0, 0.1) is 0 Å². The second-order valence-electron chi connectivity index (χ2n) is 4.66. The third-order valence-electron chi connectivity index (χ3n) is 3.11. The zero-order valence-corrected chi connectivity index (χ0v) is 11.7. The van der Waals surface area contributed by atoms with Gasteiger partial charge in [0.05, 0.1) is 13.2 Å². The maximum Gasteiger partial charge on any atom is 0.119 e. The number of aliphatic hydroxyl groups excluding tert-OH is 1. The van der Waals surface area contributed by atoms with Crippen LogP contribution in [-0.2, 0) is 6.42 Å². The molecule has 2 aromatic carbocycles. The van der Waals surface area contributed by atoms with Crippen molar-refractivity contribution in [2.75, 3.05) is 13.7 Å². The summed E-state index contributed by atoms with van der Waals surface area (Å²) in [5.41, 5.74) is 1.18. The minimum atomic E-state index is -0.461. The molecule has 0 amide bonds. The molecule has 0 radical (unpaired) electrons. The van der Waals surface area contributed by atoms with Crippen LogP contribution in [0.4, 0.5) is 0 Å². The van der Waals surface area contributed by atoms with Gasteiger partial charge in [-0.3, -0.25) is 0 Å². The lowest BCUT2D eigenvalue weighted by Crippen LogP contribution is -2.18. The standard InChI is InChI=1S/C17H20O3/c1-19-16-11-8-14(9-12-16)7-10-15(18)13-20-17-5-3-2-4-6-17/h2-6,8-9,11-12,15,18H,7,10,13H2,1H3. The van der Waals surface area contributed by atoms with Crippen LogP contribution in [-0.4, -0.2) is 24.9 Å². The molecule has 0 bridgehead atoms. The second kappa shape index (κ2) is 7.56. The van der Waals surface area contributed by atoms with Crippen molar-refractivity contribution in [3.63, 3.8) is 0 Å². The van der Waals surface area contributed by atoms with Gasteiger partial charge in [-0.1, -0.05) is 30.3 Å². The van der Waals surface area contributed by atoms with Crippen molar-refractivity contribution in [2.45, 2.75) is 18.9 Å². The molecule has 20 heavy (non-hydrogen) atoms. The molecule has 0 aliphatic rings. The number of aliphatic hydroxyl groups is 1. The fraction of sp³-hybridized carbons (Fsp3) is 0.294. The Morgan fingerprint density at radius 2 is 1.65 bits per heavy atom. The number of methoxy groups -OCH3 is 1. The number of aryl methyl sites for hydroxylation is 1. The number of hydrogen-bond donors (Lipinski definition) is 1. The Morgan fingerprint density at radius 1 is 0.950 bits per heavy atom. The highest BCUT2D eigenvalue weighted by atomic mass is 16.5. The third-order valence-corrected chi connectivity index (χ3v) is 3.11. The maximum absolute atomic E-state index is 9.92. The molecule has 2 aromatic rings. The maximum atomic E-state index is 9.92. The highest BCUT2D eigenvalue weighted by Crippen LogP contribution is 2.14. The van der Waals surface area contributed by atoms with E-state index in [0.717, 1.165) is 17.9 Å². The van der Waals surface area contributed by atoms with Crippen molar-refractivity contribution in [2.24, 2.45) is 0 Å². The van der Waals surface area contributed by atoms with E-state index < -0.39 is 6.10 Å². The van der Waals surface area contributed by atoms with Gasteiger partial charge in [-0.25, -0.2) is 0 Å². The first-order valence-electron chi connectivity index (χ1n) is 6.77. The fourth-order valence-electron chi connectivity index (χ4n) is 1.92. The third kappa shape index (κ3) is 4.59. The molecular weight excluding hydrogens is 252 g/mol. The van der Waals surface area contributed by atoms with Gasteiger partial charge < -0.3 is 14.6 Å². The lowest BCUT2D eigenvalue weighted by molar-refractivity contribution is 0.100. The van der Waals surface area contributed by atoms with Gasteiger partial charge in [-0.05, 0) is 42.7 Å². The first kappa shape index (κ1) is 14.4. The Hall–Kier alpha value is -2.00. The van der Waals surface area contributed by atoms with Gasteiger partial charge in [0.2, 0.25) is 0 Å². The topological polar surface area (TPSA) is 38.7 Å². The normalized spacial score (nSPS) is 11.9. The highest BCUT2D eigenvalue weighted by Gasteiger charge is 2.06. The van der Waals surface area contributed by atoms with Crippen molar-refractivity contribution < 1.29 is 14.6 Å². The van der Waals surface area contributed by atoms with E-state index >= 15 is 0 Å². The SMILES string of the molecule is COc1ccc(CCC(O)COc2ccccc2)cc1. The minimum Gasteiger partial charge on any atom is -0.497 e. The van der Waals surface area contributed by atoms with E-state index in [1.54, 1.807) is 7.11 Å². The number of rotatable bonds is 7. The molecule has 0 spiro atoms. The van der Waals surface area contributed by atoms with Crippen molar-refractivity contribution in [3.05, 3.63) is 60.2 Å². The molecule has 1 N–H and O–H groups in total. The predicted molar refractivity (Wildman–Crippen MR) is 79.3 cm³/mol. The van der Waals surface area contributed by atoms with E-state index in [1.165, 1.54) is 5.56 Å².